The Morgan fingerprint density at radius 3 is 2.12 bits per heavy atom. The Bertz CT molecular complexity index is 733. The minimum absolute atomic E-state index is 0.118. The molecule has 24 heavy (non-hydrogen) atoms. The lowest BCUT2D eigenvalue weighted by Crippen LogP contribution is -1.99. The van der Waals surface area contributed by atoms with Crippen LogP contribution >= 0.6 is 69.6 Å². The standard InChI is InChI=1S/C16H10Cl6O2/c17-10-2-1-9(12(18)5-10)8-24-16-13(19)6-11(7-14(16)20)23-4-3-15(21)22/h1-3,5-7H,4,8H2. The van der Waals surface area contributed by atoms with E-state index in [0.717, 1.165) is 5.56 Å². The third-order valence-electron chi connectivity index (χ3n) is 2.85. The topological polar surface area (TPSA) is 18.5 Å². The zero-order valence-corrected chi connectivity index (χ0v) is 16.5. The number of hydrogen-bond donors (Lipinski definition) is 0. The summed E-state index contributed by atoms with van der Waals surface area (Å²) < 4.78 is 11.2. The van der Waals surface area contributed by atoms with Crippen molar-refractivity contribution in [3.8, 4) is 11.5 Å². The highest BCUT2D eigenvalue weighted by Crippen LogP contribution is 2.37. The minimum atomic E-state index is 0.118. The van der Waals surface area contributed by atoms with Gasteiger partial charge in [-0.2, -0.15) is 0 Å². The van der Waals surface area contributed by atoms with Crippen LogP contribution in [0.15, 0.2) is 40.9 Å². The fourth-order valence-corrected chi connectivity index (χ4v) is 2.91. The zero-order valence-electron chi connectivity index (χ0n) is 12.0. The smallest absolute Gasteiger partial charge is 0.157 e. The molecule has 0 heterocycles. The third-order valence-corrected chi connectivity index (χ3v) is 4.30. The lowest BCUT2D eigenvalue weighted by atomic mass is 10.2. The van der Waals surface area contributed by atoms with E-state index in [9.17, 15) is 0 Å². The first kappa shape index (κ1) is 19.8. The molecule has 0 fully saturated rings. The summed E-state index contributed by atoms with van der Waals surface area (Å²) >= 11 is 35.4. The third kappa shape index (κ3) is 5.80. The minimum Gasteiger partial charge on any atom is -0.489 e. The fourth-order valence-electron chi connectivity index (χ4n) is 1.75. The molecule has 0 amide bonds. The zero-order chi connectivity index (χ0) is 17.7. The lowest BCUT2D eigenvalue weighted by molar-refractivity contribution is 0.305. The van der Waals surface area contributed by atoms with Gasteiger partial charge in [0.15, 0.2) is 5.75 Å². The molecule has 2 aromatic rings. The maximum absolute atomic E-state index is 6.20. The second-order valence-electron chi connectivity index (χ2n) is 4.55. The van der Waals surface area contributed by atoms with E-state index in [1.807, 2.05) is 0 Å². The Hall–Kier alpha value is -0.480. The second-order valence-corrected chi connectivity index (χ2v) is 7.21. The van der Waals surface area contributed by atoms with Crippen LogP contribution in [0.4, 0.5) is 0 Å². The summed E-state index contributed by atoms with van der Waals surface area (Å²) in [5.41, 5.74) is 0.760. The van der Waals surface area contributed by atoms with Crippen LogP contribution in [0.3, 0.4) is 0 Å². The molecular formula is C16H10Cl6O2. The van der Waals surface area contributed by atoms with Gasteiger partial charge in [-0.1, -0.05) is 75.7 Å². The molecule has 0 N–H and O–H groups in total. The molecule has 0 aliphatic carbocycles. The van der Waals surface area contributed by atoms with Gasteiger partial charge in [0.2, 0.25) is 0 Å². The maximum Gasteiger partial charge on any atom is 0.157 e. The van der Waals surface area contributed by atoms with Crippen LogP contribution < -0.4 is 9.47 Å². The summed E-state index contributed by atoms with van der Waals surface area (Å²) in [4.78, 5) is 0. The van der Waals surface area contributed by atoms with Gasteiger partial charge in [-0.15, -0.1) is 0 Å². The van der Waals surface area contributed by atoms with Crippen molar-refractivity contribution in [3.63, 3.8) is 0 Å². The van der Waals surface area contributed by atoms with E-state index in [2.05, 4.69) is 0 Å². The monoisotopic (exact) mass is 444 g/mol. The van der Waals surface area contributed by atoms with E-state index in [1.165, 1.54) is 6.08 Å². The van der Waals surface area contributed by atoms with Gasteiger partial charge < -0.3 is 9.47 Å². The number of rotatable bonds is 6. The van der Waals surface area contributed by atoms with Crippen LogP contribution in [0.25, 0.3) is 0 Å². The van der Waals surface area contributed by atoms with Crippen molar-refractivity contribution in [2.75, 3.05) is 6.61 Å². The molecule has 0 atom stereocenters. The van der Waals surface area contributed by atoms with Gasteiger partial charge >= 0.3 is 0 Å². The van der Waals surface area contributed by atoms with E-state index in [1.54, 1.807) is 30.3 Å². The number of ether oxygens (including phenoxy) is 2. The largest absolute Gasteiger partial charge is 0.489 e. The van der Waals surface area contributed by atoms with Crippen LogP contribution in [0.5, 0.6) is 11.5 Å². The van der Waals surface area contributed by atoms with Crippen LogP contribution in [-0.2, 0) is 6.61 Å². The van der Waals surface area contributed by atoms with Crippen molar-refractivity contribution >= 4 is 69.6 Å². The van der Waals surface area contributed by atoms with Crippen molar-refractivity contribution in [1.29, 1.82) is 0 Å². The first-order valence-electron chi connectivity index (χ1n) is 6.56. The van der Waals surface area contributed by atoms with E-state index in [0.29, 0.717) is 31.6 Å². The Morgan fingerprint density at radius 2 is 1.54 bits per heavy atom. The average molecular weight is 447 g/mol. The summed E-state index contributed by atoms with van der Waals surface area (Å²) in [7, 11) is 0. The van der Waals surface area contributed by atoms with Gasteiger partial charge in [0.1, 0.15) is 23.5 Å². The molecule has 0 aromatic heterocycles. The van der Waals surface area contributed by atoms with Crippen LogP contribution in [0, 0.1) is 0 Å². The van der Waals surface area contributed by atoms with E-state index < -0.39 is 0 Å². The summed E-state index contributed by atoms with van der Waals surface area (Å²) in [6, 6.07) is 8.30. The highest BCUT2D eigenvalue weighted by molar-refractivity contribution is 6.55. The molecular weight excluding hydrogens is 437 g/mol. The molecule has 0 saturated heterocycles. The highest BCUT2D eigenvalue weighted by atomic mass is 35.5. The predicted molar refractivity (Wildman–Crippen MR) is 103 cm³/mol. The highest BCUT2D eigenvalue weighted by Gasteiger charge is 2.12. The van der Waals surface area contributed by atoms with Gasteiger partial charge in [-0.05, 0) is 18.2 Å². The molecule has 0 aliphatic heterocycles. The van der Waals surface area contributed by atoms with Gasteiger partial charge in [0, 0.05) is 27.7 Å². The maximum atomic E-state index is 6.20. The normalized spacial score (nSPS) is 10.4. The quantitative estimate of drug-likeness (QED) is 0.455. The number of hydrogen-bond acceptors (Lipinski definition) is 2. The molecule has 2 rings (SSSR count). The molecule has 0 spiro atoms. The van der Waals surface area contributed by atoms with Crippen molar-refractivity contribution in [1.82, 2.24) is 0 Å². The molecule has 0 radical (unpaired) electrons. The second kappa shape index (κ2) is 9.28. The molecule has 2 nitrogen and oxygen atoms in total. The first-order chi connectivity index (χ1) is 11.4. The molecule has 0 unspecified atom stereocenters. The van der Waals surface area contributed by atoms with E-state index >= 15 is 0 Å². The van der Waals surface area contributed by atoms with Crippen LogP contribution in [-0.4, -0.2) is 6.61 Å². The van der Waals surface area contributed by atoms with Crippen molar-refractivity contribution in [2.45, 2.75) is 6.61 Å². The number of benzene rings is 2. The lowest BCUT2D eigenvalue weighted by Gasteiger charge is -2.13. The Labute approximate surface area is 169 Å². The fraction of sp³-hybridized carbons (Fsp3) is 0.125. The van der Waals surface area contributed by atoms with Gasteiger partial charge in [-0.25, -0.2) is 0 Å². The SMILES string of the molecule is ClC(Cl)=CCOc1cc(Cl)c(OCc2ccc(Cl)cc2Cl)c(Cl)c1. The summed E-state index contributed by atoms with van der Waals surface area (Å²) in [6.45, 7) is 0.385. The van der Waals surface area contributed by atoms with Crippen molar-refractivity contribution in [3.05, 3.63) is 66.6 Å². The van der Waals surface area contributed by atoms with Crippen molar-refractivity contribution < 1.29 is 9.47 Å². The molecule has 2 aromatic carbocycles. The summed E-state index contributed by atoms with van der Waals surface area (Å²) in [6.07, 6.45) is 1.50. The van der Waals surface area contributed by atoms with E-state index in [4.69, 9.17) is 79.1 Å². The summed E-state index contributed by atoms with van der Waals surface area (Å²) in [5.74, 6) is 0.801. The molecule has 0 bridgehead atoms. The Morgan fingerprint density at radius 1 is 0.875 bits per heavy atom. The van der Waals surface area contributed by atoms with Gasteiger partial charge in [0.25, 0.3) is 0 Å². The van der Waals surface area contributed by atoms with E-state index in [-0.39, 0.29) is 17.7 Å². The van der Waals surface area contributed by atoms with Gasteiger partial charge in [-0.3, -0.25) is 0 Å². The van der Waals surface area contributed by atoms with Crippen LogP contribution in [0.1, 0.15) is 5.56 Å². The van der Waals surface area contributed by atoms with Crippen LogP contribution in [0.2, 0.25) is 20.1 Å². The van der Waals surface area contributed by atoms with Crippen molar-refractivity contribution in [2.24, 2.45) is 0 Å². The predicted octanol–water partition coefficient (Wildman–Crippen LogP) is 7.58. The molecule has 0 aliphatic rings. The first-order valence-corrected chi connectivity index (χ1v) is 8.83. The summed E-state index contributed by atoms with van der Waals surface area (Å²) in [5, 5.41) is 1.67. The van der Waals surface area contributed by atoms with Gasteiger partial charge in [0.05, 0.1) is 10.0 Å². The average Bonchev–Trinajstić information content (AvgIpc) is 2.48. The Kier molecular flexibility index (Phi) is 7.67. The Balaban J connectivity index is 2.09. The molecule has 128 valence electrons. The molecule has 0 saturated carbocycles. The number of halogens is 6. The molecule has 8 heteroatoms.